The summed E-state index contributed by atoms with van der Waals surface area (Å²) in [5.74, 6) is 0.316. The summed E-state index contributed by atoms with van der Waals surface area (Å²) in [5, 5.41) is 8.04. The molecular formula is C20H18N4O5. The van der Waals surface area contributed by atoms with Gasteiger partial charge in [-0.2, -0.15) is 0 Å². The molecule has 1 atom stereocenters. The Morgan fingerprint density at radius 1 is 1.28 bits per heavy atom. The summed E-state index contributed by atoms with van der Waals surface area (Å²) in [6.07, 6.45) is 2.36. The van der Waals surface area contributed by atoms with Crippen LogP contribution in [0.1, 0.15) is 21.7 Å². The van der Waals surface area contributed by atoms with Gasteiger partial charge in [-0.25, -0.2) is 4.79 Å². The lowest BCUT2D eigenvalue weighted by molar-refractivity contribution is -0.124. The molecule has 9 nitrogen and oxygen atoms in total. The van der Waals surface area contributed by atoms with E-state index in [2.05, 4.69) is 20.9 Å². The largest absolute Gasteiger partial charge is 0.497 e. The van der Waals surface area contributed by atoms with Crippen molar-refractivity contribution >= 4 is 29.3 Å². The average molecular weight is 394 g/mol. The van der Waals surface area contributed by atoms with Crippen molar-refractivity contribution in [2.75, 3.05) is 13.7 Å². The van der Waals surface area contributed by atoms with Gasteiger partial charge >= 0.3 is 6.03 Å². The molecule has 1 aliphatic heterocycles. The Bertz CT molecular complexity index is 1080. The molecule has 3 heterocycles. The molecule has 0 radical (unpaired) electrons. The zero-order chi connectivity index (χ0) is 20.4. The highest BCUT2D eigenvalue weighted by Gasteiger charge is 2.50. The van der Waals surface area contributed by atoms with Gasteiger partial charge in [0, 0.05) is 30.9 Å². The van der Waals surface area contributed by atoms with Gasteiger partial charge in [-0.3, -0.25) is 19.9 Å². The summed E-state index contributed by atoms with van der Waals surface area (Å²) < 4.78 is 10.9. The highest BCUT2D eigenvalue weighted by molar-refractivity contribution is 6.07. The monoisotopic (exact) mass is 394 g/mol. The van der Waals surface area contributed by atoms with Gasteiger partial charge in [-0.1, -0.05) is 6.07 Å². The van der Waals surface area contributed by atoms with E-state index in [0.29, 0.717) is 29.0 Å². The van der Waals surface area contributed by atoms with E-state index in [1.807, 2.05) is 0 Å². The number of benzene rings is 1. The van der Waals surface area contributed by atoms with E-state index in [4.69, 9.17) is 9.15 Å². The van der Waals surface area contributed by atoms with Gasteiger partial charge in [-0.15, -0.1) is 0 Å². The minimum absolute atomic E-state index is 0.0503. The van der Waals surface area contributed by atoms with Gasteiger partial charge in [0.25, 0.3) is 5.91 Å². The first-order valence-corrected chi connectivity index (χ1v) is 8.87. The molecule has 1 fully saturated rings. The van der Waals surface area contributed by atoms with Crippen LogP contribution in [-0.2, 0) is 16.9 Å². The molecular weight excluding hydrogens is 376 g/mol. The lowest BCUT2D eigenvalue weighted by atomic mass is 9.96. The van der Waals surface area contributed by atoms with E-state index >= 15 is 0 Å². The Balaban J connectivity index is 1.60. The molecule has 9 heteroatoms. The number of fused-ring (bicyclic) bond motifs is 1. The number of nitrogens with zero attached hydrogens (tertiary/aromatic N) is 1. The third-order valence-electron chi connectivity index (χ3n) is 4.84. The number of imide groups is 1. The zero-order valence-corrected chi connectivity index (χ0v) is 15.5. The van der Waals surface area contributed by atoms with Crippen LogP contribution in [0.25, 0.3) is 11.1 Å². The third-order valence-corrected chi connectivity index (χ3v) is 4.84. The Morgan fingerprint density at radius 3 is 2.83 bits per heavy atom. The number of amides is 3. The maximum atomic E-state index is 12.6. The maximum Gasteiger partial charge on any atom is 0.322 e. The number of ether oxygens (including phenoxy) is 1. The summed E-state index contributed by atoms with van der Waals surface area (Å²) in [6, 6.07) is 9.62. The Morgan fingerprint density at radius 2 is 2.14 bits per heavy atom. The predicted molar refractivity (Wildman–Crippen MR) is 102 cm³/mol. The molecule has 0 saturated carbocycles. The molecule has 1 saturated heterocycles. The van der Waals surface area contributed by atoms with E-state index in [9.17, 15) is 14.4 Å². The first-order chi connectivity index (χ1) is 14.1. The van der Waals surface area contributed by atoms with Gasteiger partial charge < -0.3 is 19.8 Å². The van der Waals surface area contributed by atoms with E-state index in [1.165, 1.54) is 7.11 Å². The molecule has 29 heavy (non-hydrogen) atoms. The summed E-state index contributed by atoms with van der Waals surface area (Å²) >= 11 is 0. The molecule has 3 amide bonds. The lowest BCUT2D eigenvalue weighted by Gasteiger charge is -2.24. The molecule has 3 aromatic rings. The molecule has 4 rings (SSSR count). The van der Waals surface area contributed by atoms with Gasteiger partial charge in [0.2, 0.25) is 0 Å². The minimum Gasteiger partial charge on any atom is -0.497 e. The topological polar surface area (TPSA) is 123 Å². The number of nitrogens with one attached hydrogen (secondary N) is 3. The number of aldehydes is 1. The van der Waals surface area contributed by atoms with Crippen LogP contribution in [0.3, 0.4) is 0 Å². The Kier molecular flexibility index (Phi) is 4.73. The van der Waals surface area contributed by atoms with Crippen molar-refractivity contribution < 1.29 is 23.5 Å². The van der Waals surface area contributed by atoms with Crippen LogP contribution in [-0.4, -0.2) is 36.9 Å². The molecule has 1 aromatic carbocycles. The molecule has 148 valence electrons. The van der Waals surface area contributed by atoms with Crippen molar-refractivity contribution in [1.29, 1.82) is 0 Å². The number of hydrogen-bond acceptors (Lipinski definition) is 7. The number of urea groups is 1. The number of carbonyl (C=O) groups excluding carboxylic acids is 3. The molecule has 0 spiro atoms. The van der Waals surface area contributed by atoms with E-state index in [-0.39, 0.29) is 12.3 Å². The van der Waals surface area contributed by atoms with Crippen molar-refractivity contribution in [1.82, 2.24) is 20.9 Å². The summed E-state index contributed by atoms with van der Waals surface area (Å²) in [6.45, 7) is 0.343. The lowest BCUT2D eigenvalue weighted by Crippen LogP contribution is -2.51. The van der Waals surface area contributed by atoms with Crippen LogP contribution < -0.4 is 20.7 Å². The molecule has 1 aliphatic rings. The van der Waals surface area contributed by atoms with Crippen molar-refractivity contribution in [3.63, 3.8) is 0 Å². The first-order valence-electron chi connectivity index (χ1n) is 8.87. The van der Waals surface area contributed by atoms with E-state index in [0.717, 1.165) is 11.8 Å². The number of rotatable bonds is 7. The fraction of sp³-hybridized carbons (Fsp3) is 0.200. The highest BCUT2D eigenvalue weighted by atomic mass is 16.5. The summed E-state index contributed by atoms with van der Waals surface area (Å²) in [4.78, 5) is 40.1. The smallest absolute Gasteiger partial charge is 0.322 e. The van der Waals surface area contributed by atoms with E-state index in [1.54, 1.807) is 42.6 Å². The average Bonchev–Trinajstić information content (AvgIpc) is 3.29. The molecule has 3 N–H and O–H groups in total. The van der Waals surface area contributed by atoms with Gasteiger partial charge in [0.05, 0.1) is 7.11 Å². The van der Waals surface area contributed by atoms with Gasteiger partial charge in [-0.05, 0) is 29.8 Å². The quantitative estimate of drug-likeness (QED) is 0.410. The summed E-state index contributed by atoms with van der Waals surface area (Å²) in [5.41, 5.74) is 0.861. The van der Waals surface area contributed by atoms with Crippen LogP contribution in [0, 0.1) is 0 Å². The minimum atomic E-state index is -1.43. The fourth-order valence-corrected chi connectivity index (χ4v) is 3.31. The van der Waals surface area contributed by atoms with Crippen LogP contribution in [0.15, 0.2) is 47.0 Å². The standard InChI is InChI=1S/C20H18N4O5/c1-28-14-5-4-12(13(7-14)10-25)9-21-11-20(18(26)23-19(27)24-20)17-8-15-16(29-17)3-2-6-22-15/h2-8,10,21H,9,11H2,1H3,(H2,23,24,26,27)/t20-/m0/s1. The van der Waals surface area contributed by atoms with Crippen LogP contribution in [0.2, 0.25) is 0 Å². The number of hydrogen-bond donors (Lipinski definition) is 3. The zero-order valence-electron chi connectivity index (χ0n) is 15.5. The second kappa shape index (κ2) is 7.36. The van der Waals surface area contributed by atoms with Gasteiger partial charge in [0.1, 0.15) is 17.0 Å². The number of methoxy groups -OCH3 is 1. The number of aromatic nitrogens is 1. The normalized spacial score (nSPS) is 18.5. The Hall–Kier alpha value is -3.72. The summed E-state index contributed by atoms with van der Waals surface area (Å²) in [7, 11) is 1.52. The van der Waals surface area contributed by atoms with Crippen LogP contribution >= 0.6 is 0 Å². The number of carbonyl (C=O) groups is 3. The highest BCUT2D eigenvalue weighted by Crippen LogP contribution is 2.29. The van der Waals surface area contributed by atoms with E-state index < -0.39 is 17.5 Å². The number of furan rings is 1. The predicted octanol–water partition coefficient (Wildman–Crippen LogP) is 1.47. The molecule has 0 aliphatic carbocycles. The molecule has 0 unspecified atom stereocenters. The maximum absolute atomic E-state index is 12.6. The van der Waals surface area contributed by atoms with Crippen molar-refractivity contribution in [3.8, 4) is 5.75 Å². The molecule has 0 bridgehead atoms. The van der Waals surface area contributed by atoms with Gasteiger partial charge in [0.15, 0.2) is 17.4 Å². The molecule has 2 aromatic heterocycles. The third kappa shape index (κ3) is 3.32. The van der Waals surface area contributed by atoms with Crippen molar-refractivity contribution in [2.45, 2.75) is 12.1 Å². The fourth-order valence-electron chi connectivity index (χ4n) is 3.31. The van der Waals surface area contributed by atoms with Crippen molar-refractivity contribution in [3.05, 3.63) is 59.5 Å². The second-order valence-corrected chi connectivity index (χ2v) is 6.60. The SMILES string of the molecule is COc1ccc(CNC[C@@]2(c3cc4ncccc4o3)NC(=O)NC2=O)c(C=O)c1. The van der Waals surface area contributed by atoms with Crippen LogP contribution in [0.5, 0.6) is 5.75 Å². The second-order valence-electron chi connectivity index (χ2n) is 6.60. The number of pyridine rings is 1. The Labute approximate surface area is 165 Å². The van der Waals surface area contributed by atoms with Crippen LogP contribution in [0.4, 0.5) is 4.79 Å². The van der Waals surface area contributed by atoms with Crippen molar-refractivity contribution in [2.24, 2.45) is 0 Å². The first kappa shape index (κ1) is 18.6.